The normalized spacial score (nSPS) is 12.5. The van der Waals surface area contributed by atoms with Gasteiger partial charge in [0.15, 0.2) is 0 Å². The van der Waals surface area contributed by atoms with Gasteiger partial charge in [0.05, 0.1) is 6.26 Å². The van der Waals surface area contributed by atoms with Crippen molar-refractivity contribution in [3.05, 3.63) is 29.8 Å². The van der Waals surface area contributed by atoms with E-state index in [1.165, 1.54) is 0 Å². The van der Waals surface area contributed by atoms with Crippen molar-refractivity contribution >= 4 is 16.1 Å². The van der Waals surface area contributed by atoms with Crippen LogP contribution in [0.15, 0.2) is 24.3 Å². The van der Waals surface area contributed by atoms with Gasteiger partial charge in [-0.1, -0.05) is 32.4 Å². The molecule has 1 rings (SSSR count). The summed E-state index contributed by atoms with van der Waals surface area (Å²) >= 11 is 0. The Morgan fingerprint density at radius 2 is 1.88 bits per heavy atom. The van der Waals surface area contributed by atoms with E-state index in [1.807, 2.05) is 13.8 Å². The fourth-order valence-corrected chi connectivity index (χ4v) is 2.60. The highest BCUT2D eigenvalue weighted by atomic mass is 32.2. The van der Waals surface area contributed by atoms with Crippen LogP contribution >= 0.6 is 0 Å². The Balaban J connectivity index is 2.77. The van der Waals surface area contributed by atoms with Gasteiger partial charge in [0.25, 0.3) is 0 Å². The molecule has 1 aromatic rings. The van der Waals surface area contributed by atoms with E-state index in [0.717, 1.165) is 31.1 Å². The lowest BCUT2D eigenvalue weighted by atomic mass is 10.1. The molecule has 0 heterocycles. The summed E-state index contributed by atoms with van der Waals surface area (Å²) < 4.78 is 27.1. The molecule has 24 heavy (non-hydrogen) atoms. The maximum absolute atomic E-state index is 12.4. The molecule has 0 saturated carbocycles. The Morgan fingerprint density at radius 3 is 2.38 bits per heavy atom. The molecule has 0 radical (unpaired) electrons. The monoisotopic (exact) mass is 356 g/mol. The largest absolute Gasteiger partial charge is 0.383 e. The van der Waals surface area contributed by atoms with E-state index in [0.29, 0.717) is 13.1 Å². The number of benzene rings is 1. The zero-order valence-corrected chi connectivity index (χ0v) is 15.7. The topological polar surface area (TPSA) is 75.7 Å². The summed E-state index contributed by atoms with van der Waals surface area (Å²) in [7, 11) is -3.53. The molecule has 0 aromatic heterocycles. The summed E-state index contributed by atoms with van der Waals surface area (Å²) in [5, 5.41) is 2.94. The van der Waals surface area contributed by atoms with Crippen molar-refractivity contribution in [2.75, 3.05) is 12.8 Å². The van der Waals surface area contributed by atoms with E-state index in [1.54, 1.807) is 29.2 Å². The minimum atomic E-state index is -3.53. The number of carbonyl (C=O) groups excluding carboxylic acids is 1. The van der Waals surface area contributed by atoms with E-state index < -0.39 is 10.1 Å². The number of carbonyl (C=O) groups is 1. The number of hydrogen-bond donors (Lipinski definition) is 1. The molecule has 0 saturated heterocycles. The Labute approximate surface area is 145 Å². The highest BCUT2D eigenvalue weighted by Gasteiger charge is 2.19. The van der Waals surface area contributed by atoms with Gasteiger partial charge in [-0.15, -0.1) is 0 Å². The fraction of sp³-hybridized carbons (Fsp3) is 0.588. The standard InChI is InChI=1S/C17H28N2O4S/c1-5-7-12-18-17(20)19(14(3)6-2)13-15-8-10-16(11-9-15)23-24(4,21)22/h8-11,14H,5-7,12-13H2,1-4H3,(H,18,20). The van der Waals surface area contributed by atoms with Gasteiger partial charge in [-0.05, 0) is 37.5 Å². The minimum absolute atomic E-state index is 0.0748. The smallest absolute Gasteiger partial charge is 0.317 e. The van der Waals surface area contributed by atoms with Crippen LogP contribution < -0.4 is 9.50 Å². The molecule has 0 fully saturated rings. The second kappa shape index (κ2) is 9.52. The van der Waals surface area contributed by atoms with Gasteiger partial charge >= 0.3 is 16.1 Å². The van der Waals surface area contributed by atoms with Crippen molar-refractivity contribution in [3.8, 4) is 5.75 Å². The molecule has 1 aromatic carbocycles. The van der Waals surface area contributed by atoms with E-state index in [-0.39, 0.29) is 17.8 Å². The lowest BCUT2D eigenvalue weighted by molar-refractivity contribution is 0.173. The van der Waals surface area contributed by atoms with Crippen LogP contribution in [-0.4, -0.2) is 38.2 Å². The van der Waals surface area contributed by atoms with Crippen molar-refractivity contribution in [1.82, 2.24) is 10.2 Å². The molecular formula is C17H28N2O4S. The maximum Gasteiger partial charge on any atom is 0.317 e. The summed E-state index contributed by atoms with van der Waals surface area (Å²) in [6.07, 6.45) is 3.85. The lowest BCUT2D eigenvalue weighted by Crippen LogP contribution is -2.44. The lowest BCUT2D eigenvalue weighted by Gasteiger charge is -2.29. The van der Waals surface area contributed by atoms with Gasteiger partial charge in [-0.2, -0.15) is 8.42 Å². The first-order valence-electron chi connectivity index (χ1n) is 8.29. The summed E-state index contributed by atoms with van der Waals surface area (Å²) in [5.74, 6) is 0.267. The molecule has 0 bridgehead atoms. The molecule has 6 nitrogen and oxygen atoms in total. The summed E-state index contributed by atoms with van der Waals surface area (Å²) in [6.45, 7) is 7.27. The zero-order chi connectivity index (χ0) is 18.2. The van der Waals surface area contributed by atoms with Gasteiger partial charge in [0.2, 0.25) is 0 Å². The minimum Gasteiger partial charge on any atom is -0.383 e. The van der Waals surface area contributed by atoms with Crippen LogP contribution in [0.2, 0.25) is 0 Å². The Morgan fingerprint density at radius 1 is 1.25 bits per heavy atom. The highest BCUT2D eigenvalue weighted by Crippen LogP contribution is 2.17. The molecule has 136 valence electrons. The van der Waals surface area contributed by atoms with Crippen LogP contribution in [-0.2, 0) is 16.7 Å². The fourth-order valence-electron chi connectivity index (χ4n) is 2.14. The molecule has 0 aliphatic heterocycles. The third-order valence-corrected chi connectivity index (χ3v) is 4.21. The maximum atomic E-state index is 12.4. The Hall–Kier alpha value is -1.76. The predicted octanol–water partition coefficient (Wildman–Crippen LogP) is 3.14. The first-order valence-corrected chi connectivity index (χ1v) is 10.1. The van der Waals surface area contributed by atoms with Gasteiger partial charge in [0.1, 0.15) is 5.75 Å². The van der Waals surface area contributed by atoms with Crippen molar-refractivity contribution in [1.29, 1.82) is 0 Å². The van der Waals surface area contributed by atoms with Crippen molar-refractivity contribution in [3.63, 3.8) is 0 Å². The van der Waals surface area contributed by atoms with Crippen LogP contribution in [0.25, 0.3) is 0 Å². The predicted molar refractivity (Wildman–Crippen MR) is 95.5 cm³/mol. The number of amides is 2. The number of urea groups is 1. The second-order valence-corrected chi connectivity index (χ2v) is 7.48. The van der Waals surface area contributed by atoms with E-state index in [9.17, 15) is 13.2 Å². The molecule has 0 aliphatic rings. The summed E-state index contributed by atoms with van der Waals surface area (Å²) in [5.41, 5.74) is 0.918. The molecule has 7 heteroatoms. The first kappa shape index (κ1) is 20.3. The Kier molecular flexibility index (Phi) is 8.04. The SMILES string of the molecule is CCCCNC(=O)N(Cc1ccc(OS(C)(=O)=O)cc1)C(C)CC. The van der Waals surface area contributed by atoms with E-state index in [2.05, 4.69) is 12.2 Å². The third kappa shape index (κ3) is 7.21. The third-order valence-electron chi connectivity index (χ3n) is 3.71. The van der Waals surface area contributed by atoms with Crippen LogP contribution in [0, 0.1) is 0 Å². The molecule has 1 unspecified atom stereocenters. The van der Waals surface area contributed by atoms with Gasteiger partial charge in [0, 0.05) is 19.1 Å². The van der Waals surface area contributed by atoms with Gasteiger partial charge in [-0.25, -0.2) is 4.79 Å². The average Bonchev–Trinajstić information content (AvgIpc) is 2.52. The van der Waals surface area contributed by atoms with Gasteiger partial charge in [-0.3, -0.25) is 0 Å². The summed E-state index contributed by atoms with van der Waals surface area (Å²) in [4.78, 5) is 14.2. The number of nitrogens with zero attached hydrogens (tertiary/aromatic N) is 1. The number of nitrogens with one attached hydrogen (secondary N) is 1. The Bertz CT molecular complexity index is 614. The van der Waals surface area contributed by atoms with E-state index >= 15 is 0 Å². The van der Waals surface area contributed by atoms with Crippen LogP contribution in [0.3, 0.4) is 0 Å². The molecule has 1 atom stereocenters. The molecular weight excluding hydrogens is 328 g/mol. The molecule has 0 spiro atoms. The second-order valence-electron chi connectivity index (χ2n) is 5.90. The molecule has 0 aliphatic carbocycles. The van der Waals surface area contributed by atoms with Crippen LogP contribution in [0.1, 0.15) is 45.6 Å². The quantitative estimate of drug-likeness (QED) is 0.545. The summed E-state index contributed by atoms with van der Waals surface area (Å²) in [6, 6.07) is 6.78. The molecule has 2 amide bonds. The van der Waals surface area contributed by atoms with Crippen molar-refractivity contribution < 1.29 is 17.4 Å². The number of unbranched alkanes of at least 4 members (excludes halogenated alkanes) is 1. The van der Waals surface area contributed by atoms with Gasteiger partial charge < -0.3 is 14.4 Å². The number of rotatable bonds is 9. The number of hydrogen-bond acceptors (Lipinski definition) is 4. The van der Waals surface area contributed by atoms with Crippen molar-refractivity contribution in [2.45, 2.75) is 52.6 Å². The van der Waals surface area contributed by atoms with Crippen LogP contribution in [0.5, 0.6) is 5.75 Å². The first-order chi connectivity index (χ1) is 11.3. The van der Waals surface area contributed by atoms with E-state index in [4.69, 9.17) is 4.18 Å². The van der Waals surface area contributed by atoms with Crippen LogP contribution in [0.4, 0.5) is 4.79 Å². The zero-order valence-electron chi connectivity index (χ0n) is 14.9. The van der Waals surface area contributed by atoms with Crippen molar-refractivity contribution in [2.24, 2.45) is 0 Å². The molecule has 1 N–H and O–H groups in total. The average molecular weight is 356 g/mol. The highest BCUT2D eigenvalue weighted by molar-refractivity contribution is 7.86.